The number of hydrogen-bond donors (Lipinski definition) is 3. The van der Waals surface area contributed by atoms with Crippen molar-refractivity contribution in [1.82, 2.24) is 9.97 Å². The predicted molar refractivity (Wildman–Crippen MR) is 107 cm³/mol. The molecule has 0 aliphatic rings. The molecule has 0 radical (unpaired) electrons. The molecule has 3 rings (SSSR count). The number of aromatic nitrogens is 2. The minimum absolute atomic E-state index is 0.00961. The van der Waals surface area contributed by atoms with Gasteiger partial charge in [0.25, 0.3) is 11.5 Å². The van der Waals surface area contributed by atoms with Crippen molar-refractivity contribution in [3.8, 4) is 0 Å². The van der Waals surface area contributed by atoms with Crippen LogP contribution in [0.4, 0.5) is 14.5 Å². The topological polar surface area (TPSA) is 79.3 Å². The summed E-state index contributed by atoms with van der Waals surface area (Å²) in [5, 5.41) is 2.81. The number of carbonyl (C=O) groups is 1. The number of halogens is 2. The fraction of sp³-hybridized carbons (Fsp3) is 0.286. The van der Waals surface area contributed by atoms with E-state index in [1.807, 2.05) is 6.92 Å². The van der Waals surface area contributed by atoms with Gasteiger partial charge in [0, 0.05) is 0 Å². The second-order valence-corrected chi connectivity index (χ2v) is 6.88. The lowest BCUT2D eigenvalue weighted by atomic mass is 10.2. The number of nitrogens with zero attached hydrogens (tertiary/aromatic N) is 1. The van der Waals surface area contributed by atoms with Crippen LogP contribution in [-0.2, 0) is 11.3 Å². The molecule has 0 spiro atoms. The number of fused-ring (bicyclic) bond motifs is 1. The molecular weight excluding hydrogens is 378 g/mol. The number of aromatic amines is 1. The number of nitrogens with one attached hydrogen (secondary N) is 3. The highest BCUT2D eigenvalue weighted by atomic mass is 19.1. The average molecular weight is 401 g/mol. The Hall–Kier alpha value is -3.13. The average Bonchev–Trinajstić information content (AvgIpc) is 2.69. The van der Waals surface area contributed by atoms with Crippen molar-refractivity contribution < 1.29 is 18.5 Å². The minimum atomic E-state index is -0.825. The van der Waals surface area contributed by atoms with Crippen LogP contribution in [0.25, 0.3) is 10.9 Å². The molecule has 0 saturated carbocycles. The van der Waals surface area contributed by atoms with Gasteiger partial charge in [-0.1, -0.05) is 31.5 Å². The van der Waals surface area contributed by atoms with Crippen LogP contribution < -0.4 is 15.8 Å². The molecule has 1 heterocycles. The Balaban J connectivity index is 1.76. The number of para-hydroxylation sites is 2. The molecule has 0 bridgehead atoms. The number of anilines is 1. The van der Waals surface area contributed by atoms with Crippen LogP contribution in [-0.4, -0.2) is 29.0 Å². The monoisotopic (exact) mass is 401 g/mol. The first-order valence-corrected chi connectivity index (χ1v) is 9.53. The molecule has 6 nitrogen and oxygen atoms in total. The van der Waals surface area contributed by atoms with Gasteiger partial charge in [-0.2, -0.15) is 0 Å². The molecule has 1 aromatic heterocycles. The van der Waals surface area contributed by atoms with E-state index in [0.29, 0.717) is 29.8 Å². The van der Waals surface area contributed by atoms with E-state index in [9.17, 15) is 18.4 Å². The summed E-state index contributed by atoms with van der Waals surface area (Å²) in [6.45, 7) is 2.99. The van der Waals surface area contributed by atoms with Crippen molar-refractivity contribution in [3.05, 3.63) is 70.3 Å². The summed E-state index contributed by atoms with van der Waals surface area (Å²) in [4.78, 5) is 32.7. The van der Waals surface area contributed by atoms with Crippen LogP contribution in [0.1, 0.15) is 25.6 Å². The Kier molecular flexibility index (Phi) is 6.66. The Morgan fingerprint density at radius 3 is 2.59 bits per heavy atom. The Labute approximate surface area is 166 Å². The summed E-state index contributed by atoms with van der Waals surface area (Å²) >= 11 is 0. The van der Waals surface area contributed by atoms with Crippen LogP contribution in [0, 0.1) is 11.6 Å². The molecule has 2 aromatic carbocycles. The SMILES string of the molecule is CCCC[NH+](CC(=O)Nc1c(F)cccc1F)Cc1nc2ccccc2c(=O)[nH]1. The fourth-order valence-electron chi connectivity index (χ4n) is 3.15. The van der Waals surface area contributed by atoms with E-state index in [4.69, 9.17) is 0 Å². The molecule has 1 amide bonds. The first-order valence-electron chi connectivity index (χ1n) is 9.53. The first kappa shape index (κ1) is 20.6. The highest BCUT2D eigenvalue weighted by Gasteiger charge is 2.19. The zero-order chi connectivity index (χ0) is 20.8. The molecule has 3 N–H and O–H groups in total. The lowest BCUT2D eigenvalue weighted by molar-refractivity contribution is -0.906. The third kappa shape index (κ3) is 5.23. The largest absolute Gasteiger partial charge is 0.321 e. The molecular formula is C21H23F2N4O2+. The van der Waals surface area contributed by atoms with Crippen molar-refractivity contribution in [2.75, 3.05) is 18.4 Å². The lowest BCUT2D eigenvalue weighted by Crippen LogP contribution is -3.12. The number of benzene rings is 2. The summed E-state index contributed by atoms with van der Waals surface area (Å²) in [6, 6.07) is 10.4. The van der Waals surface area contributed by atoms with E-state index < -0.39 is 23.2 Å². The highest BCUT2D eigenvalue weighted by Crippen LogP contribution is 2.17. The van der Waals surface area contributed by atoms with Gasteiger partial charge in [-0.3, -0.25) is 9.59 Å². The summed E-state index contributed by atoms with van der Waals surface area (Å²) in [5.41, 5.74) is -0.109. The van der Waals surface area contributed by atoms with E-state index in [1.54, 1.807) is 24.3 Å². The van der Waals surface area contributed by atoms with E-state index in [2.05, 4.69) is 15.3 Å². The second kappa shape index (κ2) is 9.38. The van der Waals surface area contributed by atoms with Crippen molar-refractivity contribution in [2.45, 2.75) is 26.3 Å². The molecule has 1 unspecified atom stereocenters. The predicted octanol–water partition coefficient (Wildman–Crippen LogP) is 2.02. The molecule has 3 aromatic rings. The summed E-state index contributed by atoms with van der Waals surface area (Å²) < 4.78 is 27.6. The van der Waals surface area contributed by atoms with Gasteiger partial charge in [0.1, 0.15) is 23.9 Å². The number of carbonyl (C=O) groups excluding carboxylic acids is 1. The third-order valence-electron chi connectivity index (χ3n) is 4.60. The molecule has 0 saturated heterocycles. The number of rotatable bonds is 8. The molecule has 8 heteroatoms. The number of amides is 1. The molecule has 0 aliphatic carbocycles. The molecule has 29 heavy (non-hydrogen) atoms. The Bertz CT molecular complexity index is 1050. The quantitative estimate of drug-likeness (QED) is 0.540. The van der Waals surface area contributed by atoms with Crippen LogP contribution in [0.5, 0.6) is 0 Å². The smallest absolute Gasteiger partial charge is 0.279 e. The van der Waals surface area contributed by atoms with Crippen LogP contribution >= 0.6 is 0 Å². The first-order chi connectivity index (χ1) is 14.0. The maximum absolute atomic E-state index is 13.8. The maximum Gasteiger partial charge on any atom is 0.279 e. The molecule has 152 valence electrons. The number of hydrogen-bond acceptors (Lipinski definition) is 3. The molecule has 0 fully saturated rings. The van der Waals surface area contributed by atoms with Crippen molar-refractivity contribution >= 4 is 22.5 Å². The number of H-pyrrole nitrogens is 1. The van der Waals surface area contributed by atoms with E-state index in [-0.39, 0.29) is 12.1 Å². The van der Waals surface area contributed by atoms with Gasteiger partial charge in [0.2, 0.25) is 0 Å². The van der Waals surface area contributed by atoms with Gasteiger partial charge < -0.3 is 15.2 Å². The van der Waals surface area contributed by atoms with E-state index >= 15 is 0 Å². The standard InChI is InChI=1S/C21H22F2N4O2/c1-2-3-11-27(13-19(28)26-20-15(22)8-6-9-16(20)23)12-18-24-17-10-5-4-7-14(17)21(29)25-18/h4-10H,2-3,11-13H2,1H3,(H,26,28)(H,24,25,29)/p+1. The van der Waals surface area contributed by atoms with Gasteiger partial charge >= 0.3 is 0 Å². The van der Waals surface area contributed by atoms with Gasteiger partial charge in [0.05, 0.1) is 17.4 Å². The van der Waals surface area contributed by atoms with Crippen LogP contribution in [0.3, 0.4) is 0 Å². The van der Waals surface area contributed by atoms with Crippen LogP contribution in [0.2, 0.25) is 0 Å². The lowest BCUT2D eigenvalue weighted by Gasteiger charge is -2.19. The van der Waals surface area contributed by atoms with Gasteiger partial charge in [0.15, 0.2) is 12.4 Å². The highest BCUT2D eigenvalue weighted by molar-refractivity contribution is 5.91. The van der Waals surface area contributed by atoms with Gasteiger partial charge in [-0.15, -0.1) is 0 Å². The summed E-state index contributed by atoms with van der Waals surface area (Å²) in [7, 11) is 0. The maximum atomic E-state index is 13.8. The summed E-state index contributed by atoms with van der Waals surface area (Å²) in [6.07, 6.45) is 1.78. The van der Waals surface area contributed by atoms with Crippen molar-refractivity contribution in [1.29, 1.82) is 0 Å². The van der Waals surface area contributed by atoms with Gasteiger partial charge in [-0.05, 0) is 30.7 Å². The van der Waals surface area contributed by atoms with E-state index in [1.165, 1.54) is 6.07 Å². The van der Waals surface area contributed by atoms with Crippen molar-refractivity contribution in [2.24, 2.45) is 0 Å². The Morgan fingerprint density at radius 1 is 1.14 bits per heavy atom. The normalized spacial score (nSPS) is 12.1. The van der Waals surface area contributed by atoms with Gasteiger partial charge in [-0.25, -0.2) is 13.8 Å². The fourth-order valence-corrected chi connectivity index (χ4v) is 3.15. The third-order valence-corrected chi connectivity index (χ3v) is 4.60. The second-order valence-electron chi connectivity index (χ2n) is 6.88. The number of unbranched alkanes of at least 4 members (excludes halogenated alkanes) is 1. The summed E-state index contributed by atoms with van der Waals surface area (Å²) in [5.74, 6) is -1.70. The minimum Gasteiger partial charge on any atom is -0.321 e. The van der Waals surface area contributed by atoms with Crippen LogP contribution in [0.15, 0.2) is 47.3 Å². The van der Waals surface area contributed by atoms with Crippen molar-refractivity contribution in [3.63, 3.8) is 0 Å². The zero-order valence-corrected chi connectivity index (χ0v) is 16.1. The number of quaternary nitrogens is 1. The Morgan fingerprint density at radius 2 is 1.86 bits per heavy atom. The van der Waals surface area contributed by atoms with E-state index in [0.717, 1.165) is 29.9 Å². The molecule has 1 atom stereocenters. The zero-order valence-electron chi connectivity index (χ0n) is 16.1. The molecule has 0 aliphatic heterocycles.